The van der Waals surface area contributed by atoms with Crippen molar-refractivity contribution in [2.24, 2.45) is 0 Å². The average Bonchev–Trinajstić information content (AvgIpc) is 2.47. The van der Waals surface area contributed by atoms with Gasteiger partial charge >= 0.3 is 0 Å². The molecule has 0 unspecified atom stereocenters. The van der Waals surface area contributed by atoms with Crippen molar-refractivity contribution >= 4 is 20.0 Å². The Bertz CT molecular complexity index is 807. The smallest absolute Gasteiger partial charge is 0.250 e. The lowest BCUT2D eigenvalue weighted by atomic mass is 10.2. The van der Waals surface area contributed by atoms with Crippen molar-refractivity contribution in [3.8, 4) is 0 Å². The van der Waals surface area contributed by atoms with Crippen LogP contribution in [0.1, 0.15) is 5.56 Å². The zero-order chi connectivity index (χ0) is 15.5. The van der Waals surface area contributed by atoms with Crippen LogP contribution in [-0.4, -0.2) is 22.8 Å². The number of hydrogen-bond donors (Lipinski definition) is 0. The third-order valence-electron chi connectivity index (χ3n) is 2.77. The van der Waals surface area contributed by atoms with Gasteiger partial charge in [-0.15, -0.1) is 0 Å². The Morgan fingerprint density at radius 2 is 1.38 bits per heavy atom. The van der Waals surface area contributed by atoms with E-state index in [4.69, 9.17) is 0 Å². The number of hydrogen-bond acceptors (Lipinski definition) is 5. The fourth-order valence-corrected chi connectivity index (χ4v) is 3.92. The molecule has 0 radical (unpaired) electrons. The number of sulfone groups is 1. The molecule has 0 atom stereocenters. The zero-order valence-corrected chi connectivity index (χ0v) is 12.9. The fraction of sp³-hybridized carbons (Fsp3) is 0.143. The van der Waals surface area contributed by atoms with Crippen molar-refractivity contribution in [3.05, 3.63) is 60.2 Å². The van der Waals surface area contributed by atoms with Crippen LogP contribution in [0.25, 0.3) is 0 Å². The van der Waals surface area contributed by atoms with Gasteiger partial charge in [0.25, 0.3) is 10.1 Å². The first kappa shape index (κ1) is 15.7. The molecule has 0 fully saturated rings. The van der Waals surface area contributed by atoms with Gasteiger partial charge in [-0.05, 0) is 31.2 Å². The Balaban J connectivity index is 2.17. The largest absolute Gasteiger partial charge is 0.297 e. The Kier molecular flexibility index (Phi) is 4.46. The van der Waals surface area contributed by atoms with Crippen LogP contribution in [-0.2, 0) is 24.1 Å². The van der Waals surface area contributed by atoms with E-state index in [1.165, 1.54) is 36.4 Å². The summed E-state index contributed by atoms with van der Waals surface area (Å²) in [5, 5.41) is 0. The minimum atomic E-state index is -4.09. The van der Waals surface area contributed by atoms with E-state index in [1.54, 1.807) is 18.2 Å². The van der Waals surface area contributed by atoms with Gasteiger partial charge in [-0.25, -0.2) is 12.6 Å². The Labute approximate surface area is 124 Å². The SMILES string of the molecule is Cc1ccc(S(=O)(=O)COS(=O)(=O)c2ccccc2)cc1. The van der Waals surface area contributed by atoms with E-state index in [0.717, 1.165) is 5.56 Å². The highest BCUT2D eigenvalue weighted by Gasteiger charge is 2.21. The normalized spacial score (nSPS) is 12.2. The highest BCUT2D eigenvalue weighted by atomic mass is 32.2. The third kappa shape index (κ3) is 3.90. The molecule has 5 nitrogen and oxygen atoms in total. The standard InChI is InChI=1S/C14H14O5S2/c1-12-7-9-13(10-8-12)20(15,16)11-19-21(17,18)14-5-3-2-4-6-14/h2-10H,11H2,1H3. The summed E-state index contributed by atoms with van der Waals surface area (Å²) >= 11 is 0. The second-order valence-electron chi connectivity index (χ2n) is 4.43. The molecule has 21 heavy (non-hydrogen) atoms. The molecule has 2 rings (SSSR count). The average molecular weight is 326 g/mol. The van der Waals surface area contributed by atoms with Gasteiger partial charge in [0.1, 0.15) is 0 Å². The van der Waals surface area contributed by atoms with Crippen LogP contribution in [0.3, 0.4) is 0 Å². The van der Waals surface area contributed by atoms with Crippen LogP contribution in [0.5, 0.6) is 0 Å². The van der Waals surface area contributed by atoms with Crippen LogP contribution in [0.2, 0.25) is 0 Å². The summed E-state index contributed by atoms with van der Waals surface area (Å²) in [5.41, 5.74) is 0.909. The molecule has 0 aliphatic rings. The van der Waals surface area contributed by atoms with Crippen molar-refractivity contribution in [1.29, 1.82) is 0 Å². The molecule has 0 aliphatic heterocycles. The molecule has 2 aromatic carbocycles. The molecule has 2 aromatic rings. The van der Waals surface area contributed by atoms with Gasteiger partial charge in [0, 0.05) is 0 Å². The second-order valence-corrected chi connectivity index (χ2v) is 7.98. The Hall–Kier alpha value is -1.70. The molecule has 0 heterocycles. The minimum absolute atomic E-state index is 0.0244. The summed E-state index contributed by atoms with van der Waals surface area (Å²) in [6.45, 7) is 1.83. The maximum Gasteiger partial charge on any atom is 0.297 e. The molecule has 0 saturated heterocycles. The summed E-state index contributed by atoms with van der Waals surface area (Å²) in [6, 6.07) is 13.5. The van der Waals surface area contributed by atoms with Gasteiger partial charge in [0.2, 0.25) is 9.84 Å². The zero-order valence-electron chi connectivity index (χ0n) is 11.3. The highest BCUT2D eigenvalue weighted by Crippen LogP contribution is 2.16. The molecule has 0 aliphatic carbocycles. The topological polar surface area (TPSA) is 77.5 Å². The lowest BCUT2D eigenvalue weighted by molar-refractivity contribution is 0.368. The van der Waals surface area contributed by atoms with Crippen molar-refractivity contribution in [2.75, 3.05) is 5.94 Å². The molecular weight excluding hydrogens is 312 g/mol. The van der Waals surface area contributed by atoms with Crippen molar-refractivity contribution < 1.29 is 21.0 Å². The molecular formula is C14H14O5S2. The number of aryl methyl sites for hydroxylation is 1. The minimum Gasteiger partial charge on any atom is -0.250 e. The summed E-state index contributed by atoms with van der Waals surface area (Å²) in [5.74, 6) is -0.923. The van der Waals surface area contributed by atoms with E-state index in [2.05, 4.69) is 4.18 Å². The van der Waals surface area contributed by atoms with Crippen LogP contribution < -0.4 is 0 Å². The fourth-order valence-electron chi connectivity index (χ4n) is 1.60. The van der Waals surface area contributed by atoms with Gasteiger partial charge < -0.3 is 0 Å². The van der Waals surface area contributed by atoms with Crippen LogP contribution in [0.15, 0.2) is 64.4 Å². The van der Waals surface area contributed by atoms with Gasteiger partial charge in [-0.1, -0.05) is 35.9 Å². The third-order valence-corrected chi connectivity index (χ3v) is 5.62. The molecule has 0 aromatic heterocycles. The second kappa shape index (κ2) is 5.97. The first-order chi connectivity index (χ1) is 9.81. The molecule has 0 amide bonds. The number of benzene rings is 2. The molecule has 0 bridgehead atoms. The highest BCUT2D eigenvalue weighted by molar-refractivity contribution is 7.92. The summed E-state index contributed by atoms with van der Waals surface area (Å²) in [4.78, 5) is -0.0551. The van der Waals surface area contributed by atoms with Crippen LogP contribution in [0, 0.1) is 6.92 Å². The van der Waals surface area contributed by atoms with E-state index in [0.29, 0.717) is 0 Å². The van der Waals surface area contributed by atoms with E-state index >= 15 is 0 Å². The quantitative estimate of drug-likeness (QED) is 0.787. The van der Waals surface area contributed by atoms with Crippen molar-refractivity contribution in [1.82, 2.24) is 0 Å². The summed E-state index contributed by atoms with van der Waals surface area (Å²) < 4.78 is 52.5. The van der Waals surface area contributed by atoms with Gasteiger partial charge in [-0.2, -0.15) is 8.42 Å². The van der Waals surface area contributed by atoms with E-state index in [9.17, 15) is 16.8 Å². The maximum absolute atomic E-state index is 12.0. The monoisotopic (exact) mass is 326 g/mol. The molecule has 7 heteroatoms. The predicted octanol–water partition coefficient (Wildman–Crippen LogP) is 2.13. The Morgan fingerprint density at radius 3 is 1.95 bits per heavy atom. The van der Waals surface area contributed by atoms with E-state index in [-0.39, 0.29) is 9.79 Å². The van der Waals surface area contributed by atoms with Crippen molar-refractivity contribution in [3.63, 3.8) is 0 Å². The molecule has 112 valence electrons. The lowest BCUT2D eigenvalue weighted by Crippen LogP contribution is -2.15. The predicted molar refractivity (Wildman–Crippen MR) is 77.9 cm³/mol. The summed E-state index contributed by atoms with van der Waals surface area (Å²) in [6.07, 6.45) is 0. The van der Waals surface area contributed by atoms with Gasteiger partial charge in [0.15, 0.2) is 5.94 Å². The van der Waals surface area contributed by atoms with Crippen LogP contribution >= 0.6 is 0 Å². The van der Waals surface area contributed by atoms with Gasteiger partial charge in [-0.3, -0.25) is 0 Å². The van der Waals surface area contributed by atoms with Crippen molar-refractivity contribution in [2.45, 2.75) is 16.7 Å². The van der Waals surface area contributed by atoms with Gasteiger partial charge in [0.05, 0.1) is 9.79 Å². The summed E-state index contributed by atoms with van der Waals surface area (Å²) in [7, 11) is -7.91. The van der Waals surface area contributed by atoms with E-state index in [1.807, 2.05) is 6.92 Å². The molecule has 0 saturated carbocycles. The lowest BCUT2D eigenvalue weighted by Gasteiger charge is -2.07. The van der Waals surface area contributed by atoms with E-state index < -0.39 is 25.9 Å². The molecule has 0 spiro atoms. The first-order valence-electron chi connectivity index (χ1n) is 6.05. The maximum atomic E-state index is 12.0. The first-order valence-corrected chi connectivity index (χ1v) is 9.11. The number of rotatable bonds is 5. The van der Waals surface area contributed by atoms with Crippen LogP contribution in [0.4, 0.5) is 0 Å². The molecule has 0 N–H and O–H groups in total. The Morgan fingerprint density at radius 1 is 0.810 bits per heavy atom.